The van der Waals surface area contributed by atoms with Crippen LogP contribution in [0.1, 0.15) is 220 Å². The molecule has 4 fully saturated rings. The Morgan fingerprint density at radius 2 is 0.912 bits per heavy atom. The molecule has 0 radical (unpaired) electrons. The molecule has 68 heavy (non-hydrogen) atoms. The summed E-state index contributed by atoms with van der Waals surface area (Å²) in [5.74, 6) is 8.82. The lowest BCUT2D eigenvalue weighted by molar-refractivity contribution is -0.0446. The molecular weight excluding hydrogens is 928 g/mol. The van der Waals surface area contributed by atoms with E-state index in [1.54, 1.807) is 0 Å². The number of alkyl halides is 2. The largest absolute Gasteiger partial charge is 0.414 e. The molecule has 0 heterocycles. The van der Waals surface area contributed by atoms with Crippen LogP contribution < -0.4 is 0 Å². The molecule has 4 nitrogen and oxygen atoms in total. The zero-order valence-electron chi connectivity index (χ0n) is 48.0. The Morgan fingerprint density at radius 1 is 0.574 bits per heavy atom. The molecule has 0 spiro atoms. The zero-order valence-corrected chi connectivity index (χ0v) is 52.5. The lowest BCUT2D eigenvalue weighted by Gasteiger charge is -2.52. The molecule has 0 saturated heterocycles. The summed E-state index contributed by atoms with van der Waals surface area (Å²) < 4.78 is 20.6. The molecule has 4 rings (SSSR count). The first-order chi connectivity index (χ1) is 30.2. The maximum Gasteiger partial charge on any atom is 0.192 e. The molecule has 0 aromatic carbocycles. The Balaban J connectivity index is 0.000000638. The number of halogens is 2. The lowest BCUT2D eigenvalue weighted by atomic mass is 9.56. The highest BCUT2D eigenvalue weighted by Gasteiger charge is 2.59. The summed E-state index contributed by atoms with van der Waals surface area (Å²) in [5.41, 5.74) is 0.393. The molecule has 0 amide bonds. The standard InChI is InChI=1S/C30H58O2Si2.C27H50O2Si.CH2Cl2.CH4/c1-14-20-29(7,22-16-21-28(5,6)32-33(9,10)11)26-19-18-24-25(17-15-23-30(24,26)8)31-34(12,13)27(2,3)4;1-11-17-26(7,19-13-18-25(5,6)28)23-16-15-21-22(14-12-20-27(21,23)8)29-30(9,10)24(2,3)4;2-1-3;/h1,24-26H,15-23H2,2-13H3;1,21-23,28H,12-20H2,2-10H3;1H2;1H4/t24?,25-,26+,29?,30-;21?,22-,23+,26?,27-;;/m00../s1. The van der Waals surface area contributed by atoms with Gasteiger partial charge < -0.3 is 18.4 Å². The third kappa shape index (κ3) is 17.7. The van der Waals surface area contributed by atoms with Crippen LogP contribution >= 0.6 is 23.2 Å². The molecule has 400 valence electrons. The van der Waals surface area contributed by atoms with Crippen molar-refractivity contribution in [2.75, 3.05) is 5.34 Å². The Labute approximate surface area is 438 Å². The molecule has 0 aromatic rings. The van der Waals surface area contributed by atoms with Crippen molar-refractivity contribution in [3.05, 3.63) is 0 Å². The summed E-state index contributed by atoms with van der Waals surface area (Å²) in [4.78, 5) is 0. The van der Waals surface area contributed by atoms with E-state index >= 15 is 0 Å². The van der Waals surface area contributed by atoms with Crippen molar-refractivity contribution < 1.29 is 18.4 Å². The van der Waals surface area contributed by atoms with Crippen molar-refractivity contribution >= 4 is 48.2 Å². The molecule has 1 N–H and O–H groups in total. The summed E-state index contributed by atoms with van der Waals surface area (Å²) in [6, 6.07) is 0. The first-order valence-electron chi connectivity index (χ1n) is 27.0. The van der Waals surface area contributed by atoms with Crippen LogP contribution in [0.3, 0.4) is 0 Å². The van der Waals surface area contributed by atoms with E-state index in [0.29, 0.717) is 46.7 Å². The number of fused-ring (bicyclic) bond motifs is 2. The van der Waals surface area contributed by atoms with E-state index in [4.69, 9.17) is 49.3 Å². The lowest BCUT2D eigenvalue weighted by Crippen LogP contribution is -2.51. The minimum atomic E-state index is -1.77. The van der Waals surface area contributed by atoms with Gasteiger partial charge in [0.2, 0.25) is 0 Å². The van der Waals surface area contributed by atoms with Gasteiger partial charge >= 0.3 is 0 Å². The van der Waals surface area contributed by atoms with E-state index in [-0.39, 0.29) is 39.3 Å². The summed E-state index contributed by atoms with van der Waals surface area (Å²) in [5, 5.41) is 10.9. The van der Waals surface area contributed by atoms with Crippen LogP contribution in [0.2, 0.25) is 55.9 Å². The Morgan fingerprint density at radius 3 is 1.21 bits per heavy atom. The number of hydrogen-bond donors (Lipinski definition) is 1. The van der Waals surface area contributed by atoms with E-state index in [1.165, 1.54) is 77.0 Å². The van der Waals surface area contributed by atoms with E-state index in [2.05, 4.69) is 141 Å². The topological polar surface area (TPSA) is 47.9 Å². The molecule has 10 atom stereocenters. The van der Waals surface area contributed by atoms with Gasteiger partial charge in [-0.15, -0.1) is 47.9 Å². The minimum absolute atomic E-state index is 0. The van der Waals surface area contributed by atoms with Crippen LogP contribution in [-0.2, 0) is 13.3 Å². The maximum atomic E-state index is 10.2. The minimum Gasteiger partial charge on any atom is -0.414 e. The fourth-order valence-corrected chi connectivity index (χ4v) is 18.4. The van der Waals surface area contributed by atoms with Crippen molar-refractivity contribution in [1.29, 1.82) is 0 Å². The highest BCUT2D eigenvalue weighted by Crippen LogP contribution is 2.65. The Bertz CT molecular complexity index is 1610. The van der Waals surface area contributed by atoms with Gasteiger partial charge in [-0.3, -0.25) is 0 Å². The monoisotopic (exact) mass is 1040 g/mol. The van der Waals surface area contributed by atoms with Gasteiger partial charge in [0, 0.05) is 25.0 Å². The molecular formula is C59H114Cl2O4Si3. The number of hydrogen-bond acceptors (Lipinski definition) is 4. The van der Waals surface area contributed by atoms with Crippen LogP contribution in [0.25, 0.3) is 0 Å². The third-order valence-corrected chi connectivity index (χ3v) is 29.1. The number of rotatable bonds is 18. The van der Waals surface area contributed by atoms with Gasteiger partial charge in [0.05, 0.1) is 16.5 Å². The smallest absolute Gasteiger partial charge is 0.192 e. The molecule has 0 bridgehead atoms. The third-order valence-electron chi connectivity index (χ3n) is 19.0. The normalized spacial score (nSPS) is 29.8. The van der Waals surface area contributed by atoms with Crippen LogP contribution in [0.4, 0.5) is 0 Å². The first kappa shape index (κ1) is 66.2. The number of aliphatic hydroxyl groups is 1. The van der Waals surface area contributed by atoms with Crippen molar-refractivity contribution in [2.24, 2.45) is 45.3 Å². The van der Waals surface area contributed by atoms with Crippen LogP contribution in [-0.4, -0.2) is 58.8 Å². The van der Waals surface area contributed by atoms with Gasteiger partial charge in [-0.1, -0.05) is 102 Å². The summed E-state index contributed by atoms with van der Waals surface area (Å²) in [6.07, 6.45) is 33.9. The van der Waals surface area contributed by atoms with Gasteiger partial charge in [0.25, 0.3) is 0 Å². The van der Waals surface area contributed by atoms with E-state index in [0.717, 1.165) is 38.5 Å². The average Bonchev–Trinajstić information content (AvgIpc) is 3.68. The van der Waals surface area contributed by atoms with E-state index in [9.17, 15) is 5.11 Å². The predicted octanol–water partition coefficient (Wildman–Crippen LogP) is 19.0. The van der Waals surface area contributed by atoms with Crippen molar-refractivity contribution in [1.82, 2.24) is 0 Å². The van der Waals surface area contributed by atoms with E-state index in [1.807, 2.05) is 13.8 Å². The highest BCUT2D eigenvalue weighted by atomic mass is 35.5. The Hall–Kier alpha value is 0.191. The van der Waals surface area contributed by atoms with Crippen LogP contribution in [0.5, 0.6) is 0 Å². The molecule has 0 aromatic heterocycles. The average molecular weight is 1040 g/mol. The maximum absolute atomic E-state index is 10.2. The van der Waals surface area contributed by atoms with Gasteiger partial charge in [-0.25, -0.2) is 0 Å². The fourth-order valence-electron chi connectivity index (χ4n) is 13.9. The van der Waals surface area contributed by atoms with Crippen LogP contribution in [0.15, 0.2) is 0 Å². The fraction of sp³-hybridized carbons (Fsp3) is 0.932. The second kappa shape index (κ2) is 25.1. The number of terminal acetylenes is 2. The second-order valence-electron chi connectivity index (χ2n) is 28.8. The Kier molecular flexibility index (Phi) is 24.5. The van der Waals surface area contributed by atoms with E-state index < -0.39 is 30.6 Å². The summed E-state index contributed by atoms with van der Waals surface area (Å²) >= 11 is 9.53. The van der Waals surface area contributed by atoms with Gasteiger partial charge in [0.15, 0.2) is 25.0 Å². The quantitative estimate of drug-likeness (QED) is 0.0844. The van der Waals surface area contributed by atoms with Crippen molar-refractivity contribution in [2.45, 2.75) is 299 Å². The molecule has 4 aliphatic rings. The van der Waals surface area contributed by atoms with Gasteiger partial charge in [-0.05, 0) is 206 Å². The summed E-state index contributed by atoms with van der Waals surface area (Å²) in [6.45, 7) is 49.2. The van der Waals surface area contributed by atoms with Crippen LogP contribution in [0, 0.1) is 70.0 Å². The molecule has 4 saturated carbocycles. The van der Waals surface area contributed by atoms with Gasteiger partial charge in [0.1, 0.15) is 0 Å². The highest BCUT2D eigenvalue weighted by molar-refractivity contribution is 6.74. The molecule has 0 aliphatic heterocycles. The molecule has 4 unspecified atom stereocenters. The predicted molar refractivity (Wildman–Crippen MR) is 309 cm³/mol. The summed E-state index contributed by atoms with van der Waals surface area (Å²) in [7, 11) is -5.09. The zero-order chi connectivity index (χ0) is 51.9. The first-order valence-corrected chi connectivity index (χ1v) is 37.3. The molecule has 9 heteroatoms. The van der Waals surface area contributed by atoms with Gasteiger partial charge in [-0.2, -0.15) is 0 Å². The second-order valence-corrected chi connectivity index (χ2v) is 43.5. The SMILES string of the molecule is C.C#CCC(C)(CCCC(C)(C)O)[C@H]1CCC2[C@@H](O[Si](C)(C)C(C)(C)C)CCC[C@@]21C.C#CCC(C)(CCCC(C)(C)O[Si](C)(C)C)[C@H]1CCC2[C@@H](O[Si](C)(C)C(C)(C)C)CCC[C@@]21C.ClCCl. The van der Waals surface area contributed by atoms with Crippen molar-refractivity contribution in [3.8, 4) is 24.7 Å². The van der Waals surface area contributed by atoms with Crippen molar-refractivity contribution in [3.63, 3.8) is 0 Å². The molecule has 4 aliphatic carbocycles.